The molecule has 0 spiro atoms. The second-order valence-corrected chi connectivity index (χ2v) is 12.3. The van der Waals surface area contributed by atoms with Gasteiger partial charge in [-0.15, -0.1) is 0 Å². The average molecular weight is 715 g/mol. The minimum atomic E-state index is 0.526. The average Bonchev–Trinajstić information content (AvgIpc) is 3.13. The largest absolute Gasteiger partial charge is 0.491 e. The van der Waals surface area contributed by atoms with Crippen molar-refractivity contribution in [2.45, 2.75) is 97.3 Å². The van der Waals surface area contributed by atoms with Crippen molar-refractivity contribution in [1.82, 2.24) is 0 Å². The van der Waals surface area contributed by atoms with Gasteiger partial charge in [0.05, 0.1) is 112 Å². The van der Waals surface area contributed by atoms with Gasteiger partial charge in [0.2, 0.25) is 0 Å². The minimum Gasteiger partial charge on any atom is -0.491 e. The smallest absolute Gasteiger partial charge is 0.119 e. The Morgan fingerprint density at radius 2 is 0.600 bits per heavy atom. The van der Waals surface area contributed by atoms with Crippen LogP contribution in [0.25, 0.3) is 0 Å². The lowest BCUT2D eigenvalue weighted by molar-refractivity contribution is -0.0254. The van der Waals surface area contributed by atoms with Crippen LogP contribution in [0.15, 0.2) is 24.3 Å². The zero-order valence-corrected chi connectivity index (χ0v) is 32.0. The maximum atomic E-state index is 5.79. The van der Waals surface area contributed by atoms with Gasteiger partial charge in [-0.1, -0.05) is 90.2 Å². The first kappa shape index (κ1) is 46.7. The Morgan fingerprint density at radius 1 is 0.300 bits per heavy atom. The van der Waals surface area contributed by atoms with Gasteiger partial charge in [-0.3, -0.25) is 0 Å². The highest BCUT2D eigenvalue weighted by molar-refractivity contribution is 5.27. The predicted molar refractivity (Wildman–Crippen MR) is 200 cm³/mol. The monoisotopic (exact) mass is 715 g/mol. The van der Waals surface area contributed by atoms with Gasteiger partial charge < -0.3 is 47.4 Å². The van der Waals surface area contributed by atoms with E-state index in [4.69, 9.17) is 47.4 Å². The molecule has 50 heavy (non-hydrogen) atoms. The number of hydrogen-bond donors (Lipinski definition) is 0. The molecule has 0 radical (unpaired) electrons. The van der Waals surface area contributed by atoms with E-state index in [-0.39, 0.29) is 0 Å². The molecule has 0 aliphatic carbocycles. The molecule has 0 N–H and O–H groups in total. The van der Waals surface area contributed by atoms with E-state index in [1.165, 1.54) is 76.2 Å². The Hall–Kier alpha value is -1.34. The summed E-state index contributed by atoms with van der Waals surface area (Å²) in [7, 11) is 0. The van der Waals surface area contributed by atoms with Gasteiger partial charge in [-0.2, -0.15) is 0 Å². The van der Waals surface area contributed by atoms with E-state index in [9.17, 15) is 0 Å². The highest BCUT2D eigenvalue weighted by atomic mass is 16.6. The molecule has 0 bridgehead atoms. The van der Waals surface area contributed by atoms with E-state index in [2.05, 4.69) is 38.1 Å². The van der Waals surface area contributed by atoms with Crippen molar-refractivity contribution in [3.8, 4) is 5.75 Å². The molecule has 0 aliphatic rings. The lowest BCUT2D eigenvalue weighted by Gasteiger charge is -2.09. The molecule has 0 saturated carbocycles. The number of unbranched alkanes of at least 4 members (excludes halogenated alkanes) is 10. The normalized spacial score (nSPS) is 11.5. The second-order valence-electron chi connectivity index (χ2n) is 12.3. The van der Waals surface area contributed by atoms with Gasteiger partial charge in [0.1, 0.15) is 12.4 Å². The van der Waals surface area contributed by atoms with E-state index in [0.717, 1.165) is 25.2 Å². The van der Waals surface area contributed by atoms with E-state index in [1.54, 1.807) is 0 Å². The van der Waals surface area contributed by atoms with Crippen LogP contribution in [-0.4, -0.2) is 126 Å². The maximum Gasteiger partial charge on any atom is 0.119 e. The lowest BCUT2D eigenvalue weighted by atomic mass is 10.0. The molecule has 10 heteroatoms. The molecule has 0 amide bonds. The molecule has 0 unspecified atom stereocenters. The van der Waals surface area contributed by atoms with Crippen LogP contribution in [0.4, 0.5) is 0 Å². The molecule has 0 atom stereocenters. The van der Waals surface area contributed by atoms with Crippen molar-refractivity contribution in [3.05, 3.63) is 29.8 Å². The van der Waals surface area contributed by atoms with Crippen LogP contribution in [-0.2, 0) is 49.1 Å². The fourth-order valence-corrected chi connectivity index (χ4v) is 4.93. The number of hydrogen-bond acceptors (Lipinski definition) is 10. The van der Waals surface area contributed by atoms with E-state index in [0.29, 0.717) is 119 Å². The summed E-state index contributed by atoms with van der Waals surface area (Å²) in [6.45, 7) is 15.2. The van der Waals surface area contributed by atoms with Crippen molar-refractivity contribution in [2.24, 2.45) is 0 Å². The maximum absolute atomic E-state index is 5.79. The van der Waals surface area contributed by atoms with Crippen LogP contribution in [0.1, 0.15) is 96.5 Å². The van der Waals surface area contributed by atoms with Gasteiger partial charge in [0.25, 0.3) is 0 Å². The van der Waals surface area contributed by atoms with E-state index >= 15 is 0 Å². The first-order valence-corrected chi connectivity index (χ1v) is 19.8. The fourth-order valence-electron chi connectivity index (χ4n) is 4.93. The lowest BCUT2D eigenvalue weighted by Crippen LogP contribution is -2.15. The van der Waals surface area contributed by atoms with Crippen molar-refractivity contribution >= 4 is 0 Å². The fraction of sp³-hybridized carbons (Fsp3) is 0.850. The predicted octanol–water partition coefficient (Wildman–Crippen LogP) is 7.48. The summed E-state index contributed by atoms with van der Waals surface area (Å²) >= 11 is 0. The molecular weight excluding hydrogens is 640 g/mol. The third-order valence-corrected chi connectivity index (χ3v) is 7.86. The van der Waals surface area contributed by atoms with Crippen LogP contribution in [0.5, 0.6) is 5.75 Å². The number of ether oxygens (including phenoxy) is 10. The number of benzene rings is 1. The summed E-state index contributed by atoms with van der Waals surface area (Å²) < 4.78 is 55.6. The van der Waals surface area contributed by atoms with Crippen LogP contribution < -0.4 is 4.74 Å². The SMILES string of the molecule is CCCCCCCCCc1ccc(OCCOCCOCCOCCOCCOCCOCCOCCOCCOCCCCCCC)cc1. The summed E-state index contributed by atoms with van der Waals surface area (Å²) in [4.78, 5) is 0. The Balaban J connectivity index is 1.69. The van der Waals surface area contributed by atoms with Gasteiger partial charge in [-0.25, -0.2) is 0 Å². The molecule has 0 aromatic heterocycles. The summed E-state index contributed by atoms with van der Waals surface area (Å²) in [6, 6.07) is 8.47. The molecule has 0 aliphatic heterocycles. The zero-order chi connectivity index (χ0) is 35.7. The first-order valence-electron chi connectivity index (χ1n) is 19.8. The van der Waals surface area contributed by atoms with Crippen molar-refractivity contribution in [1.29, 1.82) is 0 Å². The van der Waals surface area contributed by atoms with Gasteiger partial charge in [0, 0.05) is 6.61 Å². The Kier molecular flexibility index (Phi) is 37.7. The Labute approximate surface area is 305 Å². The van der Waals surface area contributed by atoms with Crippen LogP contribution in [0, 0.1) is 0 Å². The van der Waals surface area contributed by atoms with Gasteiger partial charge >= 0.3 is 0 Å². The Bertz CT molecular complexity index is 767. The van der Waals surface area contributed by atoms with Gasteiger partial charge in [-0.05, 0) is 37.0 Å². The van der Waals surface area contributed by atoms with Gasteiger partial charge in [0.15, 0.2) is 0 Å². The number of rotatable bonds is 42. The zero-order valence-electron chi connectivity index (χ0n) is 32.0. The van der Waals surface area contributed by atoms with Crippen LogP contribution in [0.3, 0.4) is 0 Å². The third-order valence-electron chi connectivity index (χ3n) is 7.86. The molecule has 0 heterocycles. The molecule has 294 valence electrons. The number of aryl methyl sites for hydroxylation is 1. The molecule has 1 rings (SSSR count). The molecule has 0 fully saturated rings. The summed E-state index contributed by atoms with van der Waals surface area (Å²) in [6.07, 6.45) is 16.8. The molecule has 10 nitrogen and oxygen atoms in total. The molecule has 0 saturated heterocycles. The van der Waals surface area contributed by atoms with Crippen LogP contribution in [0.2, 0.25) is 0 Å². The minimum absolute atomic E-state index is 0.526. The Morgan fingerprint density at radius 3 is 0.980 bits per heavy atom. The van der Waals surface area contributed by atoms with Crippen molar-refractivity contribution < 1.29 is 47.4 Å². The molecule has 1 aromatic rings. The highest BCUT2D eigenvalue weighted by Gasteiger charge is 1.99. The summed E-state index contributed by atoms with van der Waals surface area (Å²) in [5, 5.41) is 0. The van der Waals surface area contributed by atoms with Crippen molar-refractivity contribution in [3.63, 3.8) is 0 Å². The van der Waals surface area contributed by atoms with E-state index < -0.39 is 0 Å². The molecular formula is C40H74O10. The molecule has 1 aromatic carbocycles. The quantitative estimate of drug-likeness (QED) is 0.0635. The topological polar surface area (TPSA) is 92.3 Å². The summed E-state index contributed by atoms with van der Waals surface area (Å²) in [5.41, 5.74) is 1.38. The second kappa shape index (κ2) is 40.4. The van der Waals surface area contributed by atoms with Crippen molar-refractivity contribution in [2.75, 3.05) is 126 Å². The first-order chi connectivity index (χ1) is 24.9. The van der Waals surface area contributed by atoms with E-state index in [1.807, 2.05) is 0 Å². The third kappa shape index (κ3) is 35.1. The summed E-state index contributed by atoms with van der Waals surface area (Å²) in [5.74, 6) is 0.891. The van der Waals surface area contributed by atoms with Crippen LogP contribution >= 0.6 is 0 Å². The standard InChI is InChI=1S/C40H74O10/c1-3-5-7-9-10-11-13-15-39-16-18-40(19-17-39)50-38-37-49-36-35-48-34-33-47-32-31-46-30-29-45-28-27-44-26-25-43-24-23-42-22-21-41-20-14-12-8-6-4-2/h16-19H,3-15,20-38H2,1-2H3. The highest BCUT2D eigenvalue weighted by Crippen LogP contribution is 2.15.